The number of esters is 1. The maximum absolute atomic E-state index is 11.5. The second-order valence-electron chi connectivity index (χ2n) is 4.65. The molecule has 1 unspecified atom stereocenters. The van der Waals surface area contributed by atoms with Gasteiger partial charge in [-0.1, -0.05) is 23.8 Å². The van der Waals surface area contributed by atoms with E-state index in [0.717, 1.165) is 5.56 Å². The molecule has 0 aromatic heterocycles. The van der Waals surface area contributed by atoms with Crippen molar-refractivity contribution in [1.82, 2.24) is 5.32 Å². The molecule has 0 fully saturated rings. The molecule has 0 aliphatic carbocycles. The van der Waals surface area contributed by atoms with E-state index in [1.54, 1.807) is 0 Å². The molecule has 1 aromatic rings. The Labute approximate surface area is 103 Å². The summed E-state index contributed by atoms with van der Waals surface area (Å²) in [7, 11) is 3.28. The van der Waals surface area contributed by atoms with Crippen molar-refractivity contribution in [3.63, 3.8) is 0 Å². The molecule has 0 heterocycles. The minimum Gasteiger partial charge on any atom is -0.469 e. The van der Waals surface area contributed by atoms with Crippen LogP contribution >= 0.6 is 0 Å². The number of carbonyl (C=O) groups is 1. The topological polar surface area (TPSA) is 38.3 Å². The third-order valence-electron chi connectivity index (χ3n) is 3.26. The molecule has 1 rings (SSSR count). The maximum atomic E-state index is 11.5. The van der Waals surface area contributed by atoms with Crippen molar-refractivity contribution in [2.24, 2.45) is 0 Å². The summed E-state index contributed by atoms with van der Waals surface area (Å²) in [5.41, 5.74) is 3.13. The van der Waals surface area contributed by atoms with Crippen molar-refractivity contribution >= 4 is 5.97 Å². The van der Waals surface area contributed by atoms with E-state index in [1.165, 1.54) is 18.2 Å². The highest BCUT2D eigenvalue weighted by Crippen LogP contribution is 2.28. The zero-order valence-corrected chi connectivity index (χ0v) is 11.3. The predicted molar refractivity (Wildman–Crippen MR) is 69.0 cm³/mol. The van der Waals surface area contributed by atoms with Gasteiger partial charge in [0, 0.05) is 0 Å². The highest BCUT2D eigenvalue weighted by Gasteiger charge is 2.29. The van der Waals surface area contributed by atoms with Gasteiger partial charge in [0.25, 0.3) is 0 Å². The number of ether oxygens (including phenoxy) is 1. The summed E-state index contributed by atoms with van der Waals surface area (Å²) in [5, 5.41) is 3.23. The molecule has 0 saturated heterocycles. The fourth-order valence-electron chi connectivity index (χ4n) is 2.01. The lowest BCUT2D eigenvalue weighted by Crippen LogP contribution is -2.40. The summed E-state index contributed by atoms with van der Waals surface area (Å²) in [6.45, 7) is 6.13. The van der Waals surface area contributed by atoms with E-state index in [2.05, 4.69) is 37.4 Å². The Hall–Kier alpha value is -1.35. The van der Waals surface area contributed by atoms with Crippen molar-refractivity contribution in [2.75, 3.05) is 14.2 Å². The molecule has 0 saturated carbocycles. The molecule has 0 amide bonds. The monoisotopic (exact) mass is 235 g/mol. The molecular formula is C14H21NO2. The van der Waals surface area contributed by atoms with Crippen LogP contribution in [0.5, 0.6) is 0 Å². The molecule has 3 nitrogen and oxygen atoms in total. The van der Waals surface area contributed by atoms with Crippen LogP contribution in [-0.4, -0.2) is 20.1 Å². The van der Waals surface area contributed by atoms with E-state index in [4.69, 9.17) is 4.74 Å². The van der Waals surface area contributed by atoms with Crippen molar-refractivity contribution in [2.45, 2.75) is 32.7 Å². The van der Waals surface area contributed by atoms with Crippen molar-refractivity contribution < 1.29 is 9.53 Å². The zero-order valence-electron chi connectivity index (χ0n) is 11.3. The van der Waals surface area contributed by atoms with Gasteiger partial charge in [-0.2, -0.15) is 0 Å². The van der Waals surface area contributed by atoms with Crippen LogP contribution in [0.3, 0.4) is 0 Å². The van der Waals surface area contributed by atoms with Gasteiger partial charge in [0.2, 0.25) is 0 Å². The Morgan fingerprint density at radius 1 is 1.41 bits per heavy atom. The van der Waals surface area contributed by atoms with Gasteiger partial charge in [-0.05, 0) is 38.9 Å². The Morgan fingerprint density at radius 2 is 2.06 bits per heavy atom. The van der Waals surface area contributed by atoms with Crippen LogP contribution in [0.15, 0.2) is 18.2 Å². The van der Waals surface area contributed by atoms with Gasteiger partial charge in [-0.15, -0.1) is 0 Å². The molecule has 1 atom stereocenters. The molecule has 1 aromatic carbocycles. The predicted octanol–water partition coefficient (Wildman–Crippen LogP) is 2.30. The molecule has 0 bridgehead atoms. The van der Waals surface area contributed by atoms with Gasteiger partial charge in [0.05, 0.1) is 19.1 Å². The molecular weight excluding hydrogens is 214 g/mol. The fourth-order valence-corrected chi connectivity index (χ4v) is 2.01. The molecule has 0 aliphatic heterocycles. The fraction of sp³-hybridized carbons (Fsp3) is 0.500. The number of benzene rings is 1. The van der Waals surface area contributed by atoms with Gasteiger partial charge in [-0.3, -0.25) is 4.79 Å². The number of rotatable bonds is 4. The second kappa shape index (κ2) is 5.32. The van der Waals surface area contributed by atoms with Crippen LogP contribution in [0.2, 0.25) is 0 Å². The average molecular weight is 235 g/mol. The third kappa shape index (κ3) is 3.07. The molecule has 3 heteroatoms. The van der Waals surface area contributed by atoms with Crippen LogP contribution in [0.1, 0.15) is 30.0 Å². The van der Waals surface area contributed by atoms with Gasteiger partial charge in [0.1, 0.15) is 0 Å². The quantitative estimate of drug-likeness (QED) is 0.814. The summed E-state index contributed by atoms with van der Waals surface area (Å²) in [6.07, 6.45) is 0.324. The average Bonchev–Trinajstić information content (AvgIpc) is 2.31. The molecule has 17 heavy (non-hydrogen) atoms. The standard InChI is InChI=1S/C14H21NO2/c1-10-6-7-11(2)12(8-10)14(3,15-4)9-13(16)17-5/h6-8,15H,9H2,1-5H3. The largest absolute Gasteiger partial charge is 0.469 e. The summed E-state index contributed by atoms with van der Waals surface area (Å²) < 4.78 is 4.76. The number of aryl methyl sites for hydroxylation is 2. The molecule has 94 valence electrons. The Kier molecular flexibility index (Phi) is 4.29. The Morgan fingerprint density at radius 3 is 2.59 bits per heavy atom. The highest BCUT2D eigenvalue weighted by molar-refractivity contribution is 5.71. The van der Waals surface area contributed by atoms with E-state index < -0.39 is 0 Å². The van der Waals surface area contributed by atoms with Gasteiger partial charge in [-0.25, -0.2) is 0 Å². The molecule has 1 N–H and O–H groups in total. The highest BCUT2D eigenvalue weighted by atomic mass is 16.5. The van der Waals surface area contributed by atoms with Crippen molar-refractivity contribution in [1.29, 1.82) is 0 Å². The minimum atomic E-state index is -0.386. The number of methoxy groups -OCH3 is 1. The van der Waals surface area contributed by atoms with E-state index in [0.29, 0.717) is 6.42 Å². The lowest BCUT2D eigenvalue weighted by atomic mass is 9.85. The number of hydrogen-bond acceptors (Lipinski definition) is 3. The third-order valence-corrected chi connectivity index (χ3v) is 3.26. The smallest absolute Gasteiger partial charge is 0.307 e. The first kappa shape index (κ1) is 13.7. The zero-order chi connectivity index (χ0) is 13.1. The first-order valence-electron chi connectivity index (χ1n) is 5.76. The van der Waals surface area contributed by atoms with E-state index in [-0.39, 0.29) is 11.5 Å². The summed E-state index contributed by atoms with van der Waals surface area (Å²) in [4.78, 5) is 11.5. The molecule has 0 spiro atoms. The number of hydrogen-bond donors (Lipinski definition) is 1. The molecule has 0 aliphatic rings. The van der Waals surface area contributed by atoms with Gasteiger partial charge >= 0.3 is 5.97 Å². The number of carbonyl (C=O) groups excluding carboxylic acids is 1. The normalized spacial score (nSPS) is 14.2. The van der Waals surface area contributed by atoms with Crippen molar-refractivity contribution in [3.05, 3.63) is 34.9 Å². The SMILES string of the molecule is CNC(C)(CC(=O)OC)c1cc(C)ccc1C. The van der Waals surface area contributed by atoms with Crippen LogP contribution in [0.25, 0.3) is 0 Å². The number of nitrogens with one attached hydrogen (secondary N) is 1. The lowest BCUT2D eigenvalue weighted by Gasteiger charge is -2.30. The van der Waals surface area contributed by atoms with Crippen LogP contribution in [0.4, 0.5) is 0 Å². The van der Waals surface area contributed by atoms with E-state index >= 15 is 0 Å². The van der Waals surface area contributed by atoms with Crippen LogP contribution in [0, 0.1) is 13.8 Å². The summed E-state index contributed by atoms with van der Waals surface area (Å²) >= 11 is 0. The Balaban J connectivity index is 3.15. The van der Waals surface area contributed by atoms with Gasteiger partial charge < -0.3 is 10.1 Å². The summed E-state index contributed by atoms with van der Waals surface area (Å²) in [6, 6.07) is 6.28. The first-order valence-corrected chi connectivity index (χ1v) is 5.76. The second-order valence-corrected chi connectivity index (χ2v) is 4.65. The minimum absolute atomic E-state index is 0.206. The van der Waals surface area contributed by atoms with Crippen LogP contribution in [-0.2, 0) is 15.1 Å². The van der Waals surface area contributed by atoms with Crippen LogP contribution < -0.4 is 5.32 Å². The van der Waals surface area contributed by atoms with E-state index in [9.17, 15) is 4.79 Å². The first-order chi connectivity index (χ1) is 7.92. The van der Waals surface area contributed by atoms with E-state index in [1.807, 2.05) is 14.0 Å². The molecule has 0 radical (unpaired) electrons. The summed E-state index contributed by atoms with van der Waals surface area (Å²) in [5.74, 6) is -0.206. The van der Waals surface area contributed by atoms with Crippen molar-refractivity contribution in [3.8, 4) is 0 Å². The van der Waals surface area contributed by atoms with Gasteiger partial charge in [0.15, 0.2) is 0 Å². The lowest BCUT2D eigenvalue weighted by molar-refractivity contribution is -0.142. The Bertz CT molecular complexity index is 415. The maximum Gasteiger partial charge on any atom is 0.307 e.